The fourth-order valence-electron chi connectivity index (χ4n) is 9.18. The highest BCUT2D eigenvalue weighted by atomic mass is 16.3. The maximum atomic E-state index is 7.23. The predicted molar refractivity (Wildman–Crippen MR) is 236 cm³/mol. The number of para-hydroxylation sites is 1. The lowest BCUT2D eigenvalue weighted by molar-refractivity contribution is 0.559. The molecular formula is C53H47NO2. The Morgan fingerprint density at radius 3 is 1.91 bits per heavy atom. The zero-order valence-electron chi connectivity index (χ0n) is 33.5. The normalized spacial score (nSPS) is 13.9. The summed E-state index contributed by atoms with van der Waals surface area (Å²) >= 11 is 0. The third-order valence-corrected chi connectivity index (χ3v) is 12.1. The Balaban J connectivity index is 1.32. The standard InChI is InChI=1S/C53H47NO2/c1-51(2,3)33-29-39-38-21-14-24-44(50(38)56-49(39)42(30-33)52(4,5)6)54(34-27-28-37-36-19-12-13-22-40(36)53(7,8)41(37)31-34)43-23-16-26-46-48(43)47-35(20-15-25-45(47)55-46)32-17-10-9-11-18-32/h9-31H,1-8H3. The van der Waals surface area contributed by atoms with Crippen molar-refractivity contribution in [3.63, 3.8) is 0 Å². The van der Waals surface area contributed by atoms with Crippen LogP contribution in [0.25, 0.3) is 66.1 Å². The molecule has 1 aliphatic carbocycles. The van der Waals surface area contributed by atoms with Gasteiger partial charge in [-0.25, -0.2) is 0 Å². The monoisotopic (exact) mass is 729 g/mol. The molecule has 3 nitrogen and oxygen atoms in total. The van der Waals surface area contributed by atoms with Crippen molar-refractivity contribution in [2.24, 2.45) is 0 Å². The predicted octanol–water partition coefficient (Wildman–Crippen LogP) is 15.5. The first-order valence-corrected chi connectivity index (χ1v) is 19.9. The van der Waals surface area contributed by atoms with Crippen LogP contribution in [0.4, 0.5) is 17.1 Å². The second-order valence-electron chi connectivity index (χ2n) is 18.2. The SMILES string of the molecule is CC(C)(C)c1cc(C(C)(C)C)c2oc3c(N(c4ccc5c(c4)C(C)(C)c4ccccc4-5)c4cccc5oc6cccc(-c7ccccc7)c6c45)cccc3c2c1. The van der Waals surface area contributed by atoms with E-state index in [1.165, 1.54) is 33.4 Å². The van der Waals surface area contributed by atoms with E-state index in [0.29, 0.717) is 0 Å². The molecule has 0 radical (unpaired) electrons. The summed E-state index contributed by atoms with van der Waals surface area (Å²) in [7, 11) is 0. The molecule has 1 aliphatic rings. The van der Waals surface area contributed by atoms with Crippen LogP contribution in [0, 0.1) is 0 Å². The van der Waals surface area contributed by atoms with Gasteiger partial charge in [0.15, 0.2) is 5.58 Å². The topological polar surface area (TPSA) is 29.5 Å². The molecule has 0 saturated carbocycles. The summed E-state index contributed by atoms with van der Waals surface area (Å²) in [5.74, 6) is 0. The number of furan rings is 2. The van der Waals surface area contributed by atoms with Gasteiger partial charge >= 0.3 is 0 Å². The van der Waals surface area contributed by atoms with Crippen molar-refractivity contribution in [3.05, 3.63) is 162 Å². The van der Waals surface area contributed by atoms with E-state index in [2.05, 4.69) is 200 Å². The average Bonchev–Trinajstić information content (AvgIpc) is 3.83. The van der Waals surface area contributed by atoms with E-state index in [1.807, 2.05) is 0 Å². The molecule has 0 unspecified atom stereocenters. The second kappa shape index (κ2) is 12.0. The van der Waals surface area contributed by atoms with Crippen LogP contribution in [-0.2, 0) is 16.2 Å². The third-order valence-electron chi connectivity index (χ3n) is 12.1. The molecule has 0 aliphatic heterocycles. The molecular weight excluding hydrogens is 683 g/mol. The van der Waals surface area contributed by atoms with Gasteiger partial charge in [0.05, 0.1) is 16.8 Å². The maximum Gasteiger partial charge on any atom is 0.159 e. The van der Waals surface area contributed by atoms with Crippen LogP contribution in [0.2, 0.25) is 0 Å². The molecule has 0 N–H and O–H groups in total. The minimum atomic E-state index is -0.168. The Morgan fingerprint density at radius 1 is 0.482 bits per heavy atom. The van der Waals surface area contributed by atoms with Gasteiger partial charge in [-0.15, -0.1) is 0 Å². The molecule has 7 aromatic carbocycles. The molecule has 3 heteroatoms. The van der Waals surface area contributed by atoms with Crippen LogP contribution in [0.15, 0.2) is 148 Å². The number of hydrogen-bond donors (Lipinski definition) is 0. The molecule has 2 aromatic heterocycles. The van der Waals surface area contributed by atoms with E-state index >= 15 is 0 Å². The summed E-state index contributed by atoms with van der Waals surface area (Å²) in [5.41, 5.74) is 16.4. The summed E-state index contributed by atoms with van der Waals surface area (Å²) < 4.78 is 13.9. The Morgan fingerprint density at radius 2 is 1.14 bits per heavy atom. The fraction of sp³-hybridized carbons (Fsp3) is 0.208. The Kier molecular flexibility index (Phi) is 7.36. The van der Waals surface area contributed by atoms with Gasteiger partial charge in [-0.2, -0.15) is 0 Å². The molecule has 56 heavy (non-hydrogen) atoms. The lowest BCUT2D eigenvalue weighted by Gasteiger charge is -2.28. The van der Waals surface area contributed by atoms with Crippen LogP contribution in [0.1, 0.15) is 77.6 Å². The van der Waals surface area contributed by atoms with Crippen molar-refractivity contribution in [1.82, 2.24) is 0 Å². The van der Waals surface area contributed by atoms with Gasteiger partial charge in [-0.1, -0.05) is 152 Å². The van der Waals surface area contributed by atoms with Crippen LogP contribution in [0.5, 0.6) is 0 Å². The van der Waals surface area contributed by atoms with E-state index in [4.69, 9.17) is 8.83 Å². The highest BCUT2D eigenvalue weighted by Crippen LogP contribution is 2.53. The molecule has 2 heterocycles. The molecule has 0 fully saturated rings. The number of hydrogen-bond acceptors (Lipinski definition) is 3. The van der Waals surface area contributed by atoms with Crippen LogP contribution in [-0.4, -0.2) is 0 Å². The van der Waals surface area contributed by atoms with Gasteiger partial charge in [0.1, 0.15) is 16.7 Å². The Bertz CT molecular complexity index is 3020. The van der Waals surface area contributed by atoms with Gasteiger partial charge in [0.25, 0.3) is 0 Å². The molecule has 0 bridgehead atoms. The van der Waals surface area contributed by atoms with Crippen molar-refractivity contribution >= 4 is 60.9 Å². The second-order valence-corrected chi connectivity index (χ2v) is 18.2. The first kappa shape index (κ1) is 34.4. The summed E-state index contributed by atoms with van der Waals surface area (Å²) in [5, 5.41) is 4.44. The number of fused-ring (bicyclic) bond motifs is 9. The first-order valence-electron chi connectivity index (χ1n) is 19.9. The van der Waals surface area contributed by atoms with Crippen LogP contribution < -0.4 is 4.90 Å². The van der Waals surface area contributed by atoms with Crippen molar-refractivity contribution in [1.29, 1.82) is 0 Å². The fourth-order valence-corrected chi connectivity index (χ4v) is 9.18. The Labute approximate surface area is 329 Å². The lowest BCUT2D eigenvalue weighted by atomic mass is 9.79. The highest BCUT2D eigenvalue weighted by Gasteiger charge is 2.36. The van der Waals surface area contributed by atoms with Gasteiger partial charge in [-0.3, -0.25) is 0 Å². The largest absolute Gasteiger partial charge is 0.456 e. The van der Waals surface area contributed by atoms with Gasteiger partial charge in [0.2, 0.25) is 0 Å². The maximum absolute atomic E-state index is 7.23. The van der Waals surface area contributed by atoms with E-state index in [1.54, 1.807) is 0 Å². The van der Waals surface area contributed by atoms with E-state index < -0.39 is 0 Å². The summed E-state index contributed by atoms with van der Waals surface area (Å²) in [4.78, 5) is 2.42. The molecule has 276 valence electrons. The number of benzene rings is 7. The van der Waals surface area contributed by atoms with Gasteiger partial charge in [-0.05, 0) is 92.2 Å². The molecule has 0 saturated heterocycles. The van der Waals surface area contributed by atoms with Gasteiger partial charge < -0.3 is 13.7 Å². The number of anilines is 3. The smallest absolute Gasteiger partial charge is 0.159 e. The Hall–Kier alpha value is -6.06. The summed E-state index contributed by atoms with van der Waals surface area (Å²) in [6, 6.07) is 50.7. The zero-order valence-corrected chi connectivity index (χ0v) is 33.5. The van der Waals surface area contributed by atoms with Crippen molar-refractivity contribution < 1.29 is 8.83 Å². The number of nitrogens with zero attached hydrogens (tertiary/aromatic N) is 1. The molecule has 0 spiro atoms. The zero-order chi connectivity index (χ0) is 38.7. The first-order chi connectivity index (χ1) is 26.8. The highest BCUT2D eigenvalue weighted by molar-refractivity contribution is 6.20. The van der Waals surface area contributed by atoms with E-state index in [0.717, 1.165) is 72.1 Å². The van der Waals surface area contributed by atoms with Crippen LogP contribution in [0.3, 0.4) is 0 Å². The van der Waals surface area contributed by atoms with Crippen molar-refractivity contribution in [2.75, 3.05) is 4.90 Å². The van der Waals surface area contributed by atoms with E-state index in [-0.39, 0.29) is 16.2 Å². The minimum Gasteiger partial charge on any atom is -0.456 e. The van der Waals surface area contributed by atoms with E-state index in [9.17, 15) is 0 Å². The number of rotatable bonds is 4. The molecule has 0 amide bonds. The lowest BCUT2D eigenvalue weighted by Crippen LogP contribution is -2.16. The quantitative estimate of drug-likeness (QED) is 0.181. The van der Waals surface area contributed by atoms with Crippen LogP contribution >= 0.6 is 0 Å². The minimum absolute atomic E-state index is 0.0231. The molecule has 9 aromatic rings. The average molecular weight is 730 g/mol. The summed E-state index contributed by atoms with van der Waals surface area (Å²) in [6.45, 7) is 18.4. The summed E-state index contributed by atoms with van der Waals surface area (Å²) in [6.07, 6.45) is 0. The van der Waals surface area contributed by atoms with Gasteiger partial charge in [0, 0.05) is 32.8 Å². The third kappa shape index (κ3) is 5.10. The van der Waals surface area contributed by atoms with Crippen molar-refractivity contribution in [3.8, 4) is 22.3 Å². The molecule has 10 rings (SSSR count). The molecule has 0 atom stereocenters. The van der Waals surface area contributed by atoms with Crippen molar-refractivity contribution in [2.45, 2.75) is 71.6 Å².